The Labute approximate surface area is 204 Å². The van der Waals surface area contributed by atoms with Crippen molar-refractivity contribution in [3.8, 4) is 23.0 Å². The molecular formula is C27H28N2O6. The molecule has 0 atom stereocenters. The third-order valence-electron chi connectivity index (χ3n) is 4.67. The lowest BCUT2D eigenvalue weighted by Crippen LogP contribution is -2.24. The van der Waals surface area contributed by atoms with Crippen LogP contribution in [0, 0.1) is 6.92 Å². The van der Waals surface area contributed by atoms with Crippen molar-refractivity contribution in [1.29, 1.82) is 0 Å². The van der Waals surface area contributed by atoms with Gasteiger partial charge >= 0.3 is 5.97 Å². The third-order valence-corrected chi connectivity index (χ3v) is 4.67. The Balaban J connectivity index is 1.58. The van der Waals surface area contributed by atoms with Gasteiger partial charge in [0.1, 0.15) is 11.5 Å². The van der Waals surface area contributed by atoms with E-state index in [2.05, 4.69) is 10.5 Å². The van der Waals surface area contributed by atoms with Crippen LogP contribution < -0.4 is 24.4 Å². The maximum Gasteiger partial charge on any atom is 0.343 e. The largest absolute Gasteiger partial charge is 0.494 e. The molecule has 0 fully saturated rings. The molecule has 0 aliphatic rings. The highest BCUT2D eigenvalue weighted by atomic mass is 16.6. The molecule has 3 aromatic rings. The zero-order valence-corrected chi connectivity index (χ0v) is 19.9. The molecular weight excluding hydrogens is 448 g/mol. The van der Waals surface area contributed by atoms with E-state index < -0.39 is 11.9 Å². The Kier molecular flexibility index (Phi) is 9.24. The molecule has 0 unspecified atom stereocenters. The number of hydrogen-bond donors (Lipinski definition) is 1. The molecule has 182 valence electrons. The van der Waals surface area contributed by atoms with E-state index in [0.717, 1.165) is 5.56 Å². The third kappa shape index (κ3) is 7.89. The van der Waals surface area contributed by atoms with Crippen molar-refractivity contribution in [3.05, 3.63) is 83.4 Å². The van der Waals surface area contributed by atoms with Gasteiger partial charge < -0.3 is 18.9 Å². The van der Waals surface area contributed by atoms with Gasteiger partial charge in [-0.15, -0.1) is 0 Å². The number of carbonyl (C=O) groups excluding carboxylic acids is 2. The summed E-state index contributed by atoms with van der Waals surface area (Å²) in [4.78, 5) is 24.5. The predicted octanol–water partition coefficient (Wildman–Crippen LogP) is 4.54. The van der Waals surface area contributed by atoms with Crippen LogP contribution in [0.3, 0.4) is 0 Å². The Hall–Kier alpha value is -4.33. The van der Waals surface area contributed by atoms with E-state index in [1.807, 2.05) is 32.9 Å². The van der Waals surface area contributed by atoms with Crippen molar-refractivity contribution in [1.82, 2.24) is 5.43 Å². The topological polar surface area (TPSA) is 95.5 Å². The molecule has 35 heavy (non-hydrogen) atoms. The van der Waals surface area contributed by atoms with Crippen LogP contribution in [-0.4, -0.2) is 37.9 Å². The number of hydrogen-bond acceptors (Lipinski definition) is 7. The fraction of sp³-hybridized carbons (Fsp3) is 0.222. The number of amides is 1. The molecule has 0 aromatic heterocycles. The van der Waals surface area contributed by atoms with E-state index >= 15 is 0 Å². The molecule has 8 heteroatoms. The quantitative estimate of drug-likeness (QED) is 0.189. The number of esters is 1. The van der Waals surface area contributed by atoms with Gasteiger partial charge in [0.05, 0.1) is 25.0 Å². The van der Waals surface area contributed by atoms with Crippen LogP contribution in [0.15, 0.2) is 71.8 Å². The first-order chi connectivity index (χ1) is 17.0. The van der Waals surface area contributed by atoms with Crippen LogP contribution in [0.5, 0.6) is 23.0 Å². The number of nitrogens with one attached hydrogen (secondary N) is 1. The molecule has 0 aliphatic carbocycles. The SMILES string of the molecule is CCOc1ccc(C(=O)Oc2ccc(/C=N/NC(=O)COc3ccc(C)cc3)cc2OCC)cc1. The summed E-state index contributed by atoms with van der Waals surface area (Å²) in [6.07, 6.45) is 1.46. The molecule has 0 aliphatic heterocycles. The van der Waals surface area contributed by atoms with Gasteiger partial charge in [-0.05, 0) is 80.9 Å². The zero-order chi connectivity index (χ0) is 25.0. The fourth-order valence-electron chi connectivity index (χ4n) is 2.96. The van der Waals surface area contributed by atoms with Crippen LogP contribution in [0.1, 0.15) is 35.3 Å². The number of benzene rings is 3. The van der Waals surface area contributed by atoms with Crippen LogP contribution in [-0.2, 0) is 4.79 Å². The van der Waals surface area contributed by atoms with Gasteiger partial charge in [-0.25, -0.2) is 10.2 Å². The predicted molar refractivity (Wildman–Crippen MR) is 133 cm³/mol. The number of carbonyl (C=O) groups is 2. The van der Waals surface area contributed by atoms with Crippen LogP contribution in [0.2, 0.25) is 0 Å². The van der Waals surface area contributed by atoms with Crippen molar-refractivity contribution in [2.24, 2.45) is 5.10 Å². The number of ether oxygens (including phenoxy) is 4. The van der Waals surface area contributed by atoms with Crippen molar-refractivity contribution in [3.63, 3.8) is 0 Å². The van der Waals surface area contributed by atoms with E-state index in [-0.39, 0.29) is 12.4 Å². The molecule has 1 amide bonds. The van der Waals surface area contributed by atoms with E-state index in [0.29, 0.717) is 41.6 Å². The molecule has 1 N–H and O–H groups in total. The smallest absolute Gasteiger partial charge is 0.343 e. The van der Waals surface area contributed by atoms with E-state index in [4.69, 9.17) is 18.9 Å². The summed E-state index contributed by atoms with van der Waals surface area (Å²) < 4.78 is 22.0. The minimum atomic E-state index is -0.517. The minimum Gasteiger partial charge on any atom is -0.494 e. The first-order valence-corrected chi connectivity index (χ1v) is 11.2. The second-order valence-corrected chi connectivity index (χ2v) is 7.38. The van der Waals surface area contributed by atoms with Gasteiger partial charge in [0.15, 0.2) is 18.1 Å². The summed E-state index contributed by atoms with van der Waals surface area (Å²) in [7, 11) is 0. The number of rotatable bonds is 11. The first kappa shape index (κ1) is 25.3. The normalized spacial score (nSPS) is 10.6. The van der Waals surface area contributed by atoms with Crippen LogP contribution in [0.25, 0.3) is 0 Å². The molecule has 0 radical (unpaired) electrons. The van der Waals surface area contributed by atoms with Gasteiger partial charge in [-0.1, -0.05) is 17.7 Å². The highest BCUT2D eigenvalue weighted by Gasteiger charge is 2.13. The number of nitrogens with zero attached hydrogens (tertiary/aromatic N) is 1. The van der Waals surface area contributed by atoms with Crippen molar-refractivity contribution in [2.75, 3.05) is 19.8 Å². The van der Waals surface area contributed by atoms with E-state index in [1.54, 1.807) is 54.6 Å². The number of hydrazone groups is 1. The summed E-state index contributed by atoms with van der Waals surface area (Å²) >= 11 is 0. The molecule has 0 saturated carbocycles. The lowest BCUT2D eigenvalue weighted by Gasteiger charge is -2.11. The van der Waals surface area contributed by atoms with Crippen LogP contribution >= 0.6 is 0 Å². The van der Waals surface area contributed by atoms with Crippen LogP contribution in [0.4, 0.5) is 0 Å². The van der Waals surface area contributed by atoms with Gasteiger partial charge in [-0.2, -0.15) is 5.10 Å². The second kappa shape index (κ2) is 12.8. The van der Waals surface area contributed by atoms with Crippen molar-refractivity contribution in [2.45, 2.75) is 20.8 Å². The van der Waals surface area contributed by atoms with Crippen molar-refractivity contribution >= 4 is 18.1 Å². The summed E-state index contributed by atoms with van der Waals surface area (Å²) in [5, 5.41) is 3.95. The Morgan fingerprint density at radius 3 is 2.17 bits per heavy atom. The maximum atomic E-state index is 12.5. The van der Waals surface area contributed by atoms with E-state index in [1.165, 1.54) is 6.21 Å². The Bertz CT molecular complexity index is 1160. The first-order valence-electron chi connectivity index (χ1n) is 11.2. The molecule has 0 bridgehead atoms. The molecule has 0 spiro atoms. The second-order valence-electron chi connectivity index (χ2n) is 7.38. The van der Waals surface area contributed by atoms with Crippen molar-refractivity contribution < 1.29 is 28.5 Å². The minimum absolute atomic E-state index is 0.162. The van der Waals surface area contributed by atoms with Gasteiger partial charge in [0.2, 0.25) is 0 Å². The highest BCUT2D eigenvalue weighted by Crippen LogP contribution is 2.29. The lowest BCUT2D eigenvalue weighted by atomic mass is 10.2. The zero-order valence-electron chi connectivity index (χ0n) is 19.9. The molecule has 3 aromatic carbocycles. The Morgan fingerprint density at radius 2 is 1.49 bits per heavy atom. The maximum absolute atomic E-state index is 12.5. The summed E-state index contributed by atoms with van der Waals surface area (Å²) in [5.74, 6) is 1.02. The summed E-state index contributed by atoms with van der Waals surface area (Å²) in [6.45, 7) is 6.45. The average molecular weight is 477 g/mol. The number of aryl methyl sites for hydroxylation is 1. The lowest BCUT2D eigenvalue weighted by molar-refractivity contribution is -0.123. The fourth-order valence-corrected chi connectivity index (χ4v) is 2.96. The average Bonchev–Trinajstić information content (AvgIpc) is 2.86. The summed E-state index contributed by atoms with van der Waals surface area (Å²) in [5.41, 5.74) is 4.55. The highest BCUT2D eigenvalue weighted by molar-refractivity contribution is 5.92. The van der Waals surface area contributed by atoms with Gasteiger partial charge in [0, 0.05) is 0 Å². The monoisotopic (exact) mass is 476 g/mol. The molecule has 3 rings (SSSR count). The molecule has 0 saturated heterocycles. The summed E-state index contributed by atoms with van der Waals surface area (Å²) in [6, 6.07) is 19.1. The van der Waals surface area contributed by atoms with Gasteiger partial charge in [-0.3, -0.25) is 4.79 Å². The Morgan fingerprint density at radius 1 is 0.829 bits per heavy atom. The van der Waals surface area contributed by atoms with Gasteiger partial charge in [0.25, 0.3) is 5.91 Å². The molecule has 8 nitrogen and oxygen atoms in total. The standard InChI is InChI=1S/C27H28N2O6/c1-4-32-22-13-9-21(10-14-22)27(31)35-24-15-8-20(16-25(24)33-5-2)17-28-29-26(30)18-34-23-11-6-19(3)7-12-23/h6-17H,4-5,18H2,1-3H3,(H,29,30)/b28-17+. The van der Waals surface area contributed by atoms with E-state index in [9.17, 15) is 9.59 Å². The molecule has 0 heterocycles.